The number of rotatable bonds is 6. The van der Waals surface area contributed by atoms with E-state index in [1.54, 1.807) is 12.1 Å². The highest BCUT2D eigenvalue weighted by Gasteiger charge is 2.20. The molecule has 0 unspecified atom stereocenters. The summed E-state index contributed by atoms with van der Waals surface area (Å²) < 4.78 is 40.0. The van der Waals surface area contributed by atoms with Crippen molar-refractivity contribution in [2.75, 3.05) is 6.54 Å². The summed E-state index contributed by atoms with van der Waals surface area (Å²) in [6.45, 7) is -0.0420. The first-order valence-corrected chi connectivity index (χ1v) is 8.34. The molecule has 2 aromatic rings. The van der Waals surface area contributed by atoms with Gasteiger partial charge in [-0.1, -0.05) is 29.8 Å². The summed E-state index contributed by atoms with van der Waals surface area (Å²) in [7, 11) is -3.95. The normalized spacial score (nSPS) is 11.4. The van der Waals surface area contributed by atoms with Gasteiger partial charge in [-0.2, -0.15) is 0 Å². The minimum absolute atomic E-state index is 0.0420. The zero-order chi connectivity index (χ0) is 17.0. The van der Waals surface area contributed by atoms with Crippen LogP contribution in [0.4, 0.5) is 10.1 Å². The Morgan fingerprint density at radius 2 is 1.91 bits per heavy atom. The molecule has 6 nitrogen and oxygen atoms in total. The molecular weight excluding hydrogens is 347 g/mol. The molecule has 0 saturated heterocycles. The average molecular weight is 359 g/mol. The molecule has 2 aromatic carbocycles. The molecule has 122 valence electrons. The van der Waals surface area contributed by atoms with Gasteiger partial charge in [0.25, 0.3) is 5.69 Å². The Kier molecular flexibility index (Phi) is 5.30. The van der Waals surface area contributed by atoms with Crippen LogP contribution in [0.1, 0.15) is 5.56 Å². The van der Waals surface area contributed by atoms with E-state index in [0.29, 0.717) is 5.56 Å². The third-order valence-corrected chi connectivity index (χ3v) is 4.85. The Morgan fingerprint density at radius 3 is 2.57 bits per heavy atom. The van der Waals surface area contributed by atoms with Gasteiger partial charge in [0, 0.05) is 12.6 Å². The van der Waals surface area contributed by atoms with Gasteiger partial charge in [0.15, 0.2) is 0 Å². The van der Waals surface area contributed by atoms with Crippen LogP contribution < -0.4 is 4.72 Å². The molecule has 0 amide bonds. The maximum absolute atomic E-state index is 13.5. The van der Waals surface area contributed by atoms with Gasteiger partial charge in [-0.25, -0.2) is 17.5 Å². The molecule has 9 heteroatoms. The number of benzene rings is 2. The van der Waals surface area contributed by atoms with Crippen LogP contribution in [-0.4, -0.2) is 19.9 Å². The summed E-state index contributed by atoms with van der Waals surface area (Å²) in [6, 6.07) is 9.22. The lowest BCUT2D eigenvalue weighted by molar-refractivity contribution is -0.384. The summed E-state index contributed by atoms with van der Waals surface area (Å²) in [6.07, 6.45) is 0.154. The summed E-state index contributed by atoms with van der Waals surface area (Å²) >= 11 is 5.64. The molecule has 0 radical (unpaired) electrons. The van der Waals surface area contributed by atoms with Gasteiger partial charge < -0.3 is 0 Å². The van der Waals surface area contributed by atoms with E-state index in [9.17, 15) is 22.9 Å². The van der Waals surface area contributed by atoms with E-state index in [0.717, 1.165) is 12.1 Å². The van der Waals surface area contributed by atoms with Crippen molar-refractivity contribution in [1.29, 1.82) is 0 Å². The fraction of sp³-hybridized carbons (Fsp3) is 0.143. The quantitative estimate of drug-likeness (QED) is 0.635. The monoisotopic (exact) mass is 358 g/mol. The maximum Gasteiger partial charge on any atom is 0.289 e. The third-order valence-electron chi connectivity index (χ3n) is 3.07. The number of hydrogen-bond donors (Lipinski definition) is 1. The Balaban J connectivity index is 2.12. The van der Waals surface area contributed by atoms with Crippen molar-refractivity contribution in [2.45, 2.75) is 11.3 Å². The smallest absolute Gasteiger partial charge is 0.258 e. The Hall–Kier alpha value is -2.03. The van der Waals surface area contributed by atoms with Crippen molar-refractivity contribution < 1.29 is 17.7 Å². The zero-order valence-corrected chi connectivity index (χ0v) is 13.3. The van der Waals surface area contributed by atoms with Crippen LogP contribution in [0.25, 0.3) is 0 Å². The molecule has 0 heterocycles. The van der Waals surface area contributed by atoms with Gasteiger partial charge in [-0.15, -0.1) is 0 Å². The van der Waals surface area contributed by atoms with Crippen LogP contribution >= 0.6 is 11.6 Å². The van der Waals surface area contributed by atoms with Crippen molar-refractivity contribution in [1.82, 2.24) is 4.72 Å². The first kappa shape index (κ1) is 17.3. The Morgan fingerprint density at radius 1 is 1.22 bits per heavy atom. The molecule has 0 aliphatic rings. The SMILES string of the molecule is O=[N+]([O-])c1cc(S(=O)(=O)NCCc2ccccc2F)ccc1Cl. The van der Waals surface area contributed by atoms with Crippen LogP contribution in [0.5, 0.6) is 0 Å². The molecule has 0 aliphatic carbocycles. The Labute approximate surface area is 137 Å². The van der Waals surface area contributed by atoms with Crippen LogP contribution in [-0.2, 0) is 16.4 Å². The lowest BCUT2D eigenvalue weighted by Crippen LogP contribution is -2.26. The predicted molar refractivity (Wildman–Crippen MR) is 83.4 cm³/mol. The minimum atomic E-state index is -3.95. The molecule has 0 aromatic heterocycles. The first-order valence-electron chi connectivity index (χ1n) is 6.48. The van der Waals surface area contributed by atoms with Gasteiger partial charge in [0.05, 0.1) is 9.82 Å². The number of halogens is 2. The number of nitro benzene ring substituents is 1. The van der Waals surface area contributed by atoms with Crippen molar-refractivity contribution in [2.24, 2.45) is 0 Å². The first-order chi connectivity index (χ1) is 10.8. The lowest BCUT2D eigenvalue weighted by Gasteiger charge is -2.08. The van der Waals surface area contributed by atoms with Crippen LogP contribution in [0.15, 0.2) is 47.4 Å². The number of nitrogens with one attached hydrogen (secondary N) is 1. The average Bonchev–Trinajstić information content (AvgIpc) is 2.49. The molecule has 2 rings (SSSR count). The van der Waals surface area contributed by atoms with Crippen molar-refractivity contribution in [3.8, 4) is 0 Å². The summed E-state index contributed by atoms with van der Waals surface area (Å²) in [5, 5.41) is 10.6. The fourth-order valence-corrected chi connectivity index (χ4v) is 3.14. The van der Waals surface area contributed by atoms with Crippen LogP contribution in [0.2, 0.25) is 5.02 Å². The van der Waals surface area contributed by atoms with Crippen LogP contribution in [0.3, 0.4) is 0 Å². The van der Waals surface area contributed by atoms with Gasteiger partial charge >= 0.3 is 0 Å². The molecule has 0 saturated carbocycles. The summed E-state index contributed by atoms with van der Waals surface area (Å²) in [5.41, 5.74) is -0.124. The number of hydrogen-bond acceptors (Lipinski definition) is 4. The van der Waals surface area contributed by atoms with E-state index < -0.39 is 26.5 Å². The standard InChI is InChI=1S/C14H12ClFN2O4S/c15-12-6-5-11(9-14(12)18(19)20)23(21,22)17-8-7-10-3-1-2-4-13(10)16/h1-6,9,17H,7-8H2. The second-order valence-electron chi connectivity index (χ2n) is 4.61. The second-order valence-corrected chi connectivity index (χ2v) is 6.78. The fourth-order valence-electron chi connectivity index (χ4n) is 1.90. The second kappa shape index (κ2) is 7.03. The summed E-state index contributed by atoms with van der Waals surface area (Å²) in [5.74, 6) is -0.422. The third kappa shape index (κ3) is 4.25. The lowest BCUT2D eigenvalue weighted by atomic mass is 10.1. The van der Waals surface area contributed by atoms with Gasteiger partial charge in [-0.3, -0.25) is 10.1 Å². The van der Waals surface area contributed by atoms with E-state index in [2.05, 4.69) is 4.72 Å². The molecule has 0 atom stereocenters. The Bertz CT molecular complexity index is 842. The summed E-state index contributed by atoms with van der Waals surface area (Å²) in [4.78, 5) is 9.76. The molecular formula is C14H12ClFN2O4S. The number of nitrogens with zero attached hydrogens (tertiary/aromatic N) is 1. The number of sulfonamides is 1. The molecule has 0 fully saturated rings. The van der Waals surface area contributed by atoms with Gasteiger partial charge in [-0.05, 0) is 30.2 Å². The van der Waals surface area contributed by atoms with E-state index in [1.165, 1.54) is 18.2 Å². The maximum atomic E-state index is 13.5. The van der Waals surface area contributed by atoms with E-state index in [1.807, 2.05) is 0 Å². The highest BCUT2D eigenvalue weighted by atomic mass is 35.5. The highest BCUT2D eigenvalue weighted by Crippen LogP contribution is 2.26. The van der Waals surface area contributed by atoms with Crippen molar-refractivity contribution in [3.05, 3.63) is 69.0 Å². The molecule has 0 bridgehead atoms. The molecule has 0 spiro atoms. The van der Waals surface area contributed by atoms with E-state index in [-0.39, 0.29) is 22.9 Å². The zero-order valence-electron chi connectivity index (χ0n) is 11.7. The van der Waals surface area contributed by atoms with Gasteiger partial charge in [0.2, 0.25) is 10.0 Å². The topological polar surface area (TPSA) is 89.3 Å². The highest BCUT2D eigenvalue weighted by molar-refractivity contribution is 7.89. The van der Waals surface area contributed by atoms with Crippen molar-refractivity contribution >= 4 is 27.3 Å². The molecule has 0 aliphatic heterocycles. The van der Waals surface area contributed by atoms with Crippen LogP contribution in [0, 0.1) is 15.9 Å². The van der Waals surface area contributed by atoms with E-state index in [4.69, 9.17) is 11.6 Å². The van der Waals surface area contributed by atoms with E-state index >= 15 is 0 Å². The van der Waals surface area contributed by atoms with Crippen molar-refractivity contribution in [3.63, 3.8) is 0 Å². The number of nitro groups is 1. The molecule has 1 N–H and O–H groups in total. The molecule has 23 heavy (non-hydrogen) atoms. The minimum Gasteiger partial charge on any atom is -0.258 e. The predicted octanol–water partition coefficient (Wildman–Crippen LogP) is 2.91. The largest absolute Gasteiger partial charge is 0.289 e. The van der Waals surface area contributed by atoms with Gasteiger partial charge in [0.1, 0.15) is 10.8 Å².